The maximum atomic E-state index is 12.4. The molecule has 0 aromatic heterocycles. The Labute approximate surface area is 206 Å². The van der Waals surface area contributed by atoms with Crippen LogP contribution in [0.1, 0.15) is 37.9 Å². The maximum Gasteiger partial charge on any atom is 0.261 e. The van der Waals surface area contributed by atoms with Gasteiger partial charge in [0.05, 0.1) is 36.9 Å². The van der Waals surface area contributed by atoms with E-state index in [4.69, 9.17) is 4.74 Å². The van der Waals surface area contributed by atoms with Gasteiger partial charge in [-0.3, -0.25) is 24.3 Å². The molecule has 0 radical (unpaired) electrons. The smallest absolute Gasteiger partial charge is 0.261 e. The number of carbonyl (C=O) groups is 2. The second kappa shape index (κ2) is 11.0. The number of hydrogen-bond donors (Lipinski definition) is 0. The largest absolute Gasteiger partial charge is 0.378 e. The highest BCUT2D eigenvalue weighted by atomic mass is 16.5. The van der Waals surface area contributed by atoms with Crippen LogP contribution >= 0.6 is 0 Å². The summed E-state index contributed by atoms with van der Waals surface area (Å²) < 4.78 is 5.81. The highest BCUT2D eigenvalue weighted by Gasteiger charge is 2.34. The minimum atomic E-state index is -0.225. The number of piperazine rings is 1. The zero-order valence-electron chi connectivity index (χ0n) is 19.9. The summed E-state index contributed by atoms with van der Waals surface area (Å²) in [6.07, 6.45) is 0. The fraction of sp³-hybridized carbons (Fsp3) is 0.310. The van der Waals surface area contributed by atoms with Crippen molar-refractivity contribution < 1.29 is 14.3 Å². The molecule has 3 aromatic rings. The first-order chi connectivity index (χ1) is 17.2. The summed E-state index contributed by atoms with van der Waals surface area (Å²) in [6, 6.07) is 28.7. The minimum absolute atomic E-state index is 0.225. The molecule has 0 N–H and O–H groups in total. The molecule has 5 rings (SSSR count). The first kappa shape index (κ1) is 23.4. The minimum Gasteiger partial charge on any atom is -0.378 e. The first-order valence-corrected chi connectivity index (χ1v) is 12.3. The van der Waals surface area contributed by atoms with Gasteiger partial charge in [0.1, 0.15) is 0 Å². The third-order valence-electron chi connectivity index (χ3n) is 6.89. The van der Waals surface area contributed by atoms with E-state index in [1.54, 1.807) is 24.3 Å². The number of carbonyl (C=O) groups excluding carboxylic acids is 2. The molecule has 35 heavy (non-hydrogen) atoms. The lowest BCUT2D eigenvalue weighted by Gasteiger charge is -2.39. The van der Waals surface area contributed by atoms with Gasteiger partial charge in [-0.15, -0.1) is 0 Å². The molecule has 2 aliphatic heterocycles. The monoisotopic (exact) mass is 469 g/mol. The van der Waals surface area contributed by atoms with E-state index in [2.05, 4.69) is 70.5 Å². The Morgan fingerprint density at radius 2 is 1.11 bits per heavy atom. The zero-order valence-corrected chi connectivity index (χ0v) is 19.9. The lowest BCUT2D eigenvalue weighted by atomic mass is 9.96. The van der Waals surface area contributed by atoms with Crippen LogP contribution in [0.3, 0.4) is 0 Å². The summed E-state index contributed by atoms with van der Waals surface area (Å²) in [5, 5.41) is 0. The topological polar surface area (TPSA) is 53.1 Å². The number of rotatable bonds is 9. The van der Waals surface area contributed by atoms with Gasteiger partial charge in [0.15, 0.2) is 0 Å². The van der Waals surface area contributed by atoms with E-state index in [0.29, 0.717) is 24.3 Å². The van der Waals surface area contributed by atoms with Crippen molar-refractivity contribution in [1.82, 2.24) is 14.7 Å². The van der Waals surface area contributed by atoms with E-state index in [1.807, 2.05) is 0 Å². The van der Waals surface area contributed by atoms with Gasteiger partial charge in [0, 0.05) is 32.7 Å². The molecule has 1 fully saturated rings. The molecule has 180 valence electrons. The Morgan fingerprint density at radius 1 is 0.629 bits per heavy atom. The highest BCUT2D eigenvalue weighted by Crippen LogP contribution is 2.29. The van der Waals surface area contributed by atoms with E-state index in [9.17, 15) is 9.59 Å². The van der Waals surface area contributed by atoms with Crippen molar-refractivity contribution in [1.29, 1.82) is 0 Å². The Balaban J connectivity index is 1.08. The molecule has 0 bridgehead atoms. The van der Waals surface area contributed by atoms with Crippen LogP contribution in [0.5, 0.6) is 0 Å². The summed E-state index contributed by atoms with van der Waals surface area (Å²) in [5.41, 5.74) is 3.62. The zero-order chi connectivity index (χ0) is 24.0. The van der Waals surface area contributed by atoms with E-state index < -0.39 is 0 Å². The summed E-state index contributed by atoms with van der Waals surface area (Å²) in [7, 11) is 0. The van der Waals surface area contributed by atoms with Crippen molar-refractivity contribution in [3.63, 3.8) is 0 Å². The third kappa shape index (κ3) is 5.20. The van der Waals surface area contributed by atoms with Crippen molar-refractivity contribution in [3.8, 4) is 0 Å². The molecular formula is C29H31N3O3. The fourth-order valence-electron chi connectivity index (χ4n) is 5.02. The van der Waals surface area contributed by atoms with Crippen molar-refractivity contribution in [2.75, 3.05) is 52.5 Å². The van der Waals surface area contributed by atoms with Gasteiger partial charge >= 0.3 is 0 Å². The van der Waals surface area contributed by atoms with Gasteiger partial charge in [-0.2, -0.15) is 0 Å². The van der Waals surface area contributed by atoms with E-state index >= 15 is 0 Å². The Hall–Kier alpha value is -3.32. The van der Waals surface area contributed by atoms with E-state index in [0.717, 1.165) is 32.7 Å². The molecule has 0 atom stereocenters. The molecule has 3 aromatic carbocycles. The molecule has 0 aliphatic carbocycles. The van der Waals surface area contributed by atoms with Gasteiger partial charge in [0.2, 0.25) is 0 Å². The predicted octanol–water partition coefficient (Wildman–Crippen LogP) is 3.71. The van der Waals surface area contributed by atoms with Crippen LogP contribution in [0.4, 0.5) is 0 Å². The first-order valence-electron chi connectivity index (χ1n) is 12.3. The van der Waals surface area contributed by atoms with Gasteiger partial charge < -0.3 is 4.74 Å². The van der Waals surface area contributed by atoms with Crippen LogP contribution in [-0.4, -0.2) is 79.0 Å². The SMILES string of the molecule is O=C1c2ccccc2C(=O)N1CCOCCN1CCN(C(c2ccccc2)c2ccccc2)CC1. The number of benzene rings is 3. The van der Waals surface area contributed by atoms with E-state index in [1.165, 1.54) is 16.0 Å². The fourth-order valence-corrected chi connectivity index (χ4v) is 5.02. The van der Waals surface area contributed by atoms with Crippen molar-refractivity contribution in [2.45, 2.75) is 6.04 Å². The molecule has 2 aliphatic rings. The molecule has 2 amide bonds. The molecule has 0 unspecified atom stereocenters. The Bertz CT molecular complexity index is 1070. The average molecular weight is 470 g/mol. The van der Waals surface area contributed by atoms with Gasteiger partial charge in [-0.25, -0.2) is 0 Å². The van der Waals surface area contributed by atoms with Crippen LogP contribution in [0.25, 0.3) is 0 Å². The lowest BCUT2D eigenvalue weighted by molar-refractivity contribution is 0.0474. The Kier molecular flexibility index (Phi) is 7.33. The second-order valence-corrected chi connectivity index (χ2v) is 9.02. The summed E-state index contributed by atoms with van der Waals surface area (Å²) in [6.45, 7) is 6.02. The molecule has 0 saturated carbocycles. The quantitative estimate of drug-likeness (QED) is 0.353. The predicted molar refractivity (Wildman–Crippen MR) is 135 cm³/mol. The summed E-state index contributed by atoms with van der Waals surface area (Å²) >= 11 is 0. The number of hydrogen-bond acceptors (Lipinski definition) is 5. The maximum absolute atomic E-state index is 12.4. The van der Waals surface area contributed by atoms with Crippen LogP contribution in [0.2, 0.25) is 0 Å². The molecule has 0 spiro atoms. The molecule has 2 heterocycles. The number of fused-ring (bicyclic) bond motifs is 1. The van der Waals surface area contributed by atoms with Crippen LogP contribution in [0, 0.1) is 0 Å². The third-order valence-corrected chi connectivity index (χ3v) is 6.89. The molecular weight excluding hydrogens is 438 g/mol. The van der Waals surface area contributed by atoms with Gasteiger partial charge in [-0.05, 0) is 23.3 Å². The van der Waals surface area contributed by atoms with Crippen LogP contribution in [0.15, 0.2) is 84.9 Å². The van der Waals surface area contributed by atoms with Crippen LogP contribution < -0.4 is 0 Å². The number of imide groups is 1. The van der Waals surface area contributed by atoms with Crippen LogP contribution in [-0.2, 0) is 4.74 Å². The van der Waals surface area contributed by atoms with Crippen molar-refractivity contribution >= 4 is 11.8 Å². The number of ether oxygens (including phenoxy) is 1. The molecule has 6 nitrogen and oxygen atoms in total. The van der Waals surface area contributed by atoms with Crippen molar-refractivity contribution in [2.24, 2.45) is 0 Å². The van der Waals surface area contributed by atoms with E-state index in [-0.39, 0.29) is 24.4 Å². The number of amides is 2. The second-order valence-electron chi connectivity index (χ2n) is 9.02. The highest BCUT2D eigenvalue weighted by molar-refractivity contribution is 6.21. The average Bonchev–Trinajstić information content (AvgIpc) is 3.16. The molecule has 1 saturated heterocycles. The van der Waals surface area contributed by atoms with Gasteiger partial charge in [0.25, 0.3) is 11.8 Å². The summed E-state index contributed by atoms with van der Waals surface area (Å²) in [4.78, 5) is 31.2. The standard InChI is InChI=1S/C29H31N3O3/c33-28-25-13-7-8-14-26(25)29(34)32(28)20-22-35-21-19-30-15-17-31(18-16-30)27(23-9-3-1-4-10-23)24-11-5-2-6-12-24/h1-14,27H,15-22H2. The normalized spacial score (nSPS) is 16.8. The Morgan fingerprint density at radius 3 is 1.66 bits per heavy atom. The van der Waals surface area contributed by atoms with Gasteiger partial charge in [-0.1, -0.05) is 72.8 Å². The van der Waals surface area contributed by atoms with Crippen molar-refractivity contribution in [3.05, 3.63) is 107 Å². The molecule has 6 heteroatoms. The lowest BCUT2D eigenvalue weighted by Crippen LogP contribution is -2.48. The number of nitrogens with zero attached hydrogens (tertiary/aromatic N) is 3. The summed E-state index contributed by atoms with van der Waals surface area (Å²) in [5.74, 6) is -0.451.